The van der Waals surface area contributed by atoms with E-state index in [0.29, 0.717) is 26.1 Å². The molecule has 148 valence electrons. The summed E-state index contributed by atoms with van der Waals surface area (Å²) in [5.41, 5.74) is 0.384. The molecule has 2 atom stereocenters. The Hall–Kier alpha value is -1.63. The Morgan fingerprint density at radius 1 is 1.23 bits per heavy atom. The molecule has 1 aromatic rings. The number of nitrogens with zero attached hydrogens (tertiary/aromatic N) is 1. The highest BCUT2D eigenvalue weighted by atomic mass is 16.5. The molecular weight excluding hydrogens is 332 g/mol. The lowest BCUT2D eigenvalue weighted by Crippen LogP contribution is -2.58. The molecule has 6 heteroatoms. The van der Waals surface area contributed by atoms with Gasteiger partial charge in [-0.1, -0.05) is 37.3 Å². The number of nitrogens with one attached hydrogen (secondary N) is 1. The minimum Gasteiger partial charge on any atom is -0.465 e. The van der Waals surface area contributed by atoms with E-state index in [2.05, 4.69) is 12.2 Å². The number of aliphatic hydroxyl groups is 1. The van der Waals surface area contributed by atoms with E-state index in [1.54, 1.807) is 0 Å². The van der Waals surface area contributed by atoms with Gasteiger partial charge in [-0.25, -0.2) is 4.79 Å². The van der Waals surface area contributed by atoms with E-state index in [1.807, 2.05) is 51.1 Å². The number of benzene rings is 1. The molecule has 0 aliphatic carbocycles. The Balaban J connectivity index is 2.80. The van der Waals surface area contributed by atoms with Crippen LogP contribution >= 0.6 is 0 Å². The number of ether oxygens (including phenoxy) is 1. The highest BCUT2D eigenvalue weighted by Crippen LogP contribution is 2.22. The summed E-state index contributed by atoms with van der Waals surface area (Å²) >= 11 is 0. The van der Waals surface area contributed by atoms with Crippen molar-refractivity contribution < 1.29 is 19.7 Å². The van der Waals surface area contributed by atoms with Gasteiger partial charge in [0.05, 0.1) is 18.8 Å². The van der Waals surface area contributed by atoms with Crippen molar-refractivity contribution in [2.45, 2.75) is 58.2 Å². The predicted molar refractivity (Wildman–Crippen MR) is 104 cm³/mol. The van der Waals surface area contributed by atoms with Crippen LogP contribution in [0.4, 0.5) is 4.79 Å². The zero-order valence-electron chi connectivity index (χ0n) is 16.4. The van der Waals surface area contributed by atoms with E-state index in [-0.39, 0.29) is 0 Å². The van der Waals surface area contributed by atoms with E-state index in [4.69, 9.17) is 4.74 Å². The summed E-state index contributed by atoms with van der Waals surface area (Å²) in [6.45, 7) is 9.82. The van der Waals surface area contributed by atoms with Gasteiger partial charge in [0, 0.05) is 25.2 Å². The van der Waals surface area contributed by atoms with Crippen molar-refractivity contribution in [3.8, 4) is 0 Å². The fourth-order valence-electron chi connectivity index (χ4n) is 2.96. The summed E-state index contributed by atoms with van der Waals surface area (Å²) in [6.07, 6.45) is -0.416. The van der Waals surface area contributed by atoms with Gasteiger partial charge in [0.2, 0.25) is 0 Å². The normalized spacial score (nSPS) is 14.0. The molecule has 0 saturated carbocycles. The average Bonchev–Trinajstić information content (AvgIpc) is 2.56. The van der Waals surface area contributed by atoms with Gasteiger partial charge >= 0.3 is 6.09 Å². The summed E-state index contributed by atoms with van der Waals surface area (Å²) in [4.78, 5) is 13.3. The van der Waals surface area contributed by atoms with Crippen LogP contribution in [0.15, 0.2) is 30.3 Å². The third-order valence-corrected chi connectivity index (χ3v) is 4.12. The maximum Gasteiger partial charge on any atom is 0.408 e. The molecule has 1 amide bonds. The zero-order valence-corrected chi connectivity index (χ0v) is 16.4. The first-order valence-corrected chi connectivity index (χ1v) is 9.30. The minimum atomic E-state index is -1.02. The number of rotatable bonds is 11. The van der Waals surface area contributed by atoms with Crippen molar-refractivity contribution in [1.82, 2.24) is 10.2 Å². The molecule has 6 nitrogen and oxygen atoms in total. The molecule has 3 N–H and O–H groups in total. The smallest absolute Gasteiger partial charge is 0.408 e. The van der Waals surface area contributed by atoms with Crippen LogP contribution in [0.2, 0.25) is 0 Å². The largest absolute Gasteiger partial charge is 0.465 e. The molecule has 0 bridgehead atoms. The second-order valence-corrected chi connectivity index (χ2v) is 7.46. The summed E-state index contributed by atoms with van der Waals surface area (Å²) in [6, 6.07) is 9.13. The first-order valence-electron chi connectivity index (χ1n) is 9.30. The Kier molecular flexibility index (Phi) is 9.62. The van der Waals surface area contributed by atoms with Crippen LogP contribution in [0.25, 0.3) is 0 Å². The second kappa shape index (κ2) is 11.2. The van der Waals surface area contributed by atoms with Gasteiger partial charge in [-0.15, -0.1) is 0 Å². The third-order valence-electron chi connectivity index (χ3n) is 4.12. The Labute approximate surface area is 157 Å². The molecule has 0 aliphatic heterocycles. The van der Waals surface area contributed by atoms with Crippen LogP contribution in [0, 0.1) is 0 Å². The van der Waals surface area contributed by atoms with Gasteiger partial charge in [-0.3, -0.25) is 4.90 Å². The zero-order chi connectivity index (χ0) is 19.6. The minimum absolute atomic E-state index is 0.312. The summed E-state index contributed by atoms with van der Waals surface area (Å²) in [5.74, 6) is 0. The SMILES string of the molecule is CCCOCCNC[C@@H](O)[C@H](Cc1ccccc1)N(C(=O)O)C(C)(C)C. The third kappa shape index (κ3) is 7.72. The van der Waals surface area contributed by atoms with E-state index in [9.17, 15) is 15.0 Å². The molecule has 0 aromatic heterocycles. The molecule has 0 fully saturated rings. The summed E-state index contributed by atoms with van der Waals surface area (Å²) in [5, 5.41) is 23.7. The van der Waals surface area contributed by atoms with Crippen molar-refractivity contribution in [3.05, 3.63) is 35.9 Å². The average molecular weight is 367 g/mol. The molecule has 26 heavy (non-hydrogen) atoms. The van der Waals surface area contributed by atoms with Crippen LogP contribution in [0.5, 0.6) is 0 Å². The van der Waals surface area contributed by atoms with E-state index in [0.717, 1.165) is 18.6 Å². The number of amides is 1. The number of carbonyl (C=O) groups is 1. The first kappa shape index (κ1) is 22.4. The topological polar surface area (TPSA) is 82.0 Å². The number of aliphatic hydroxyl groups excluding tert-OH is 1. The summed E-state index contributed by atoms with van der Waals surface area (Å²) in [7, 11) is 0. The lowest BCUT2D eigenvalue weighted by Gasteiger charge is -2.42. The van der Waals surface area contributed by atoms with E-state index < -0.39 is 23.8 Å². The highest BCUT2D eigenvalue weighted by Gasteiger charge is 2.37. The molecular formula is C20H34N2O4. The van der Waals surface area contributed by atoms with Gasteiger partial charge < -0.3 is 20.3 Å². The van der Waals surface area contributed by atoms with Crippen molar-refractivity contribution in [2.24, 2.45) is 0 Å². The maximum atomic E-state index is 11.9. The highest BCUT2D eigenvalue weighted by molar-refractivity contribution is 5.66. The van der Waals surface area contributed by atoms with Gasteiger partial charge in [-0.2, -0.15) is 0 Å². The van der Waals surface area contributed by atoms with Crippen molar-refractivity contribution in [3.63, 3.8) is 0 Å². The second-order valence-electron chi connectivity index (χ2n) is 7.46. The summed E-state index contributed by atoms with van der Waals surface area (Å²) < 4.78 is 5.41. The van der Waals surface area contributed by atoms with Crippen LogP contribution in [-0.4, -0.2) is 65.2 Å². The number of carboxylic acid groups (broad SMARTS) is 1. The van der Waals surface area contributed by atoms with Gasteiger partial charge in [0.1, 0.15) is 0 Å². The number of hydrogen-bond donors (Lipinski definition) is 3. The van der Waals surface area contributed by atoms with Crippen LogP contribution in [-0.2, 0) is 11.2 Å². The van der Waals surface area contributed by atoms with Crippen LogP contribution in [0.1, 0.15) is 39.7 Å². The standard InChI is InChI=1S/C20H34N2O4/c1-5-12-26-13-11-21-15-18(23)17(14-16-9-7-6-8-10-16)22(19(24)25)20(2,3)4/h6-10,17-18,21,23H,5,11-15H2,1-4H3,(H,24,25)/t17-,18+/m0/s1. The monoisotopic (exact) mass is 366 g/mol. The van der Waals surface area contributed by atoms with E-state index >= 15 is 0 Å². The van der Waals surface area contributed by atoms with Gasteiger partial charge in [-0.05, 0) is 39.2 Å². The molecule has 1 rings (SSSR count). The molecule has 0 aliphatic rings. The van der Waals surface area contributed by atoms with Gasteiger partial charge in [0.15, 0.2) is 0 Å². The Morgan fingerprint density at radius 2 is 1.88 bits per heavy atom. The first-order chi connectivity index (χ1) is 12.3. The van der Waals surface area contributed by atoms with Crippen LogP contribution < -0.4 is 5.32 Å². The van der Waals surface area contributed by atoms with E-state index in [1.165, 1.54) is 4.90 Å². The molecule has 0 unspecified atom stereocenters. The van der Waals surface area contributed by atoms with Crippen molar-refractivity contribution >= 4 is 6.09 Å². The molecule has 0 saturated heterocycles. The quantitative estimate of drug-likeness (QED) is 0.525. The number of hydrogen-bond acceptors (Lipinski definition) is 4. The molecule has 1 aromatic carbocycles. The molecule has 0 radical (unpaired) electrons. The molecule has 0 spiro atoms. The van der Waals surface area contributed by atoms with Gasteiger partial charge in [0.25, 0.3) is 0 Å². The Morgan fingerprint density at radius 3 is 2.42 bits per heavy atom. The predicted octanol–water partition coefficient (Wildman–Crippen LogP) is 2.75. The van der Waals surface area contributed by atoms with Crippen molar-refractivity contribution in [1.29, 1.82) is 0 Å². The van der Waals surface area contributed by atoms with Crippen LogP contribution in [0.3, 0.4) is 0 Å². The lowest BCUT2D eigenvalue weighted by atomic mass is 9.94. The van der Waals surface area contributed by atoms with Crippen molar-refractivity contribution in [2.75, 3.05) is 26.3 Å². The molecule has 0 heterocycles. The fourth-order valence-corrected chi connectivity index (χ4v) is 2.96. The Bertz CT molecular complexity index is 516. The lowest BCUT2D eigenvalue weighted by molar-refractivity contribution is 0.00713. The fraction of sp³-hybridized carbons (Fsp3) is 0.650. The maximum absolute atomic E-state index is 11.9.